The van der Waals surface area contributed by atoms with E-state index in [2.05, 4.69) is 5.32 Å². The number of sulfonamides is 1. The van der Waals surface area contributed by atoms with Gasteiger partial charge in [0.25, 0.3) is 10.0 Å². The van der Waals surface area contributed by atoms with Crippen LogP contribution in [0, 0.1) is 6.92 Å². The van der Waals surface area contributed by atoms with Crippen LogP contribution < -0.4 is 14.4 Å². The van der Waals surface area contributed by atoms with Crippen LogP contribution in [0.25, 0.3) is 0 Å². The van der Waals surface area contributed by atoms with Crippen molar-refractivity contribution in [1.82, 2.24) is 10.2 Å². The highest BCUT2D eigenvalue weighted by Gasteiger charge is 2.34. The summed E-state index contributed by atoms with van der Waals surface area (Å²) in [6, 6.07) is 19.2. The number of halogens is 1. The largest absolute Gasteiger partial charge is 0.497 e. The maximum absolute atomic E-state index is 14.1. The number of anilines is 1. The van der Waals surface area contributed by atoms with Gasteiger partial charge in [0.2, 0.25) is 11.8 Å². The van der Waals surface area contributed by atoms with E-state index in [0.717, 1.165) is 16.3 Å². The molecule has 0 saturated heterocycles. The maximum Gasteiger partial charge on any atom is 0.264 e. The molecule has 0 fully saturated rings. The van der Waals surface area contributed by atoms with E-state index in [4.69, 9.17) is 16.3 Å². The fourth-order valence-electron chi connectivity index (χ4n) is 4.35. The van der Waals surface area contributed by atoms with Gasteiger partial charge in [-0.1, -0.05) is 61.8 Å². The summed E-state index contributed by atoms with van der Waals surface area (Å²) in [7, 11) is -2.62. The van der Waals surface area contributed by atoms with Gasteiger partial charge in [-0.15, -0.1) is 0 Å². The van der Waals surface area contributed by atoms with Gasteiger partial charge in [-0.05, 0) is 67.3 Å². The van der Waals surface area contributed by atoms with E-state index in [1.165, 1.54) is 17.0 Å². The molecule has 0 bridgehead atoms. The molecule has 0 saturated carbocycles. The Kier molecular flexibility index (Phi) is 11.0. The van der Waals surface area contributed by atoms with E-state index in [1.54, 1.807) is 68.6 Å². The van der Waals surface area contributed by atoms with Gasteiger partial charge in [0.1, 0.15) is 18.3 Å². The molecule has 8 nitrogen and oxygen atoms in total. The Bertz CT molecular complexity index is 1420. The first-order valence-corrected chi connectivity index (χ1v) is 15.0. The Hall–Kier alpha value is -3.56. The van der Waals surface area contributed by atoms with Crippen molar-refractivity contribution in [3.05, 3.63) is 88.9 Å². The van der Waals surface area contributed by atoms with E-state index in [-0.39, 0.29) is 23.0 Å². The second kappa shape index (κ2) is 14.2. The van der Waals surface area contributed by atoms with E-state index in [1.807, 2.05) is 19.9 Å². The summed E-state index contributed by atoms with van der Waals surface area (Å²) >= 11 is 6.37. The molecule has 3 aromatic rings. The van der Waals surface area contributed by atoms with Crippen molar-refractivity contribution in [3.8, 4) is 5.75 Å². The summed E-state index contributed by atoms with van der Waals surface area (Å²) in [6.07, 6.45) is 1.08. The number of nitrogens with one attached hydrogen (secondary N) is 1. The lowest BCUT2D eigenvalue weighted by Crippen LogP contribution is -2.52. The summed E-state index contributed by atoms with van der Waals surface area (Å²) in [4.78, 5) is 28.8. The SMILES string of the molecule is CCCNC(=O)[C@@H](CC)N(Cc1cccc(OC)c1)C(=O)CN(c1cccc(Cl)c1C)S(=O)(=O)c1ccccc1. The molecule has 3 rings (SSSR count). The molecule has 0 unspecified atom stereocenters. The van der Waals surface area contributed by atoms with Crippen molar-refractivity contribution in [2.75, 3.05) is 24.5 Å². The first-order valence-electron chi connectivity index (χ1n) is 13.2. The van der Waals surface area contributed by atoms with Gasteiger partial charge in [0.15, 0.2) is 0 Å². The molecular weight excluding hydrogens is 550 g/mol. The number of carbonyl (C=O) groups excluding carboxylic acids is 2. The van der Waals surface area contributed by atoms with E-state index >= 15 is 0 Å². The number of rotatable bonds is 13. The number of hydrogen-bond donors (Lipinski definition) is 1. The second-order valence-corrected chi connectivity index (χ2v) is 11.6. The third-order valence-electron chi connectivity index (χ3n) is 6.54. The number of ether oxygens (including phenoxy) is 1. The van der Waals surface area contributed by atoms with Gasteiger partial charge in [0.05, 0.1) is 17.7 Å². The predicted octanol–water partition coefficient (Wildman–Crippen LogP) is 5.19. The van der Waals surface area contributed by atoms with Gasteiger partial charge in [-0.25, -0.2) is 8.42 Å². The van der Waals surface area contributed by atoms with Crippen LogP contribution >= 0.6 is 11.6 Å². The number of carbonyl (C=O) groups is 2. The highest BCUT2D eigenvalue weighted by atomic mass is 35.5. The quantitative estimate of drug-likeness (QED) is 0.298. The molecule has 0 aliphatic heterocycles. The predicted molar refractivity (Wildman–Crippen MR) is 158 cm³/mol. The van der Waals surface area contributed by atoms with Gasteiger partial charge in [0, 0.05) is 18.1 Å². The minimum atomic E-state index is -4.17. The van der Waals surface area contributed by atoms with Crippen molar-refractivity contribution in [2.24, 2.45) is 0 Å². The average Bonchev–Trinajstić information content (AvgIpc) is 2.96. The maximum atomic E-state index is 14.1. The molecule has 0 aliphatic rings. The van der Waals surface area contributed by atoms with Crippen LogP contribution in [0.5, 0.6) is 5.75 Å². The van der Waals surface area contributed by atoms with Gasteiger partial charge < -0.3 is 15.0 Å². The smallest absolute Gasteiger partial charge is 0.264 e. The molecule has 0 radical (unpaired) electrons. The van der Waals surface area contributed by atoms with Crippen LogP contribution in [0.1, 0.15) is 37.8 Å². The minimum Gasteiger partial charge on any atom is -0.497 e. The Balaban J connectivity index is 2.09. The molecule has 0 spiro atoms. The zero-order chi connectivity index (χ0) is 29.3. The highest BCUT2D eigenvalue weighted by molar-refractivity contribution is 7.92. The van der Waals surface area contributed by atoms with Crippen LogP contribution in [0.3, 0.4) is 0 Å². The van der Waals surface area contributed by atoms with Gasteiger partial charge in [-0.3, -0.25) is 13.9 Å². The normalized spacial score (nSPS) is 11.9. The highest BCUT2D eigenvalue weighted by Crippen LogP contribution is 2.31. The van der Waals surface area contributed by atoms with Crippen molar-refractivity contribution in [2.45, 2.75) is 51.1 Å². The first-order chi connectivity index (χ1) is 19.1. The molecule has 0 aromatic heterocycles. The lowest BCUT2D eigenvalue weighted by molar-refractivity contribution is -0.140. The summed E-state index contributed by atoms with van der Waals surface area (Å²) < 4.78 is 34.3. The van der Waals surface area contributed by atoms with Crippen LogP contribution in [0.15, 0.2) is 77.7 Å². The third-order valence-corrected chi connectivity index (χ3v) is 8.72. The van der Waals surface area contributed by atoms with Crippen molar-refractivity contribution in [3.63, 3.8) is 0 Å². The fourth-order valence-corrected chi connectivity index (χ4v) is 6.01. The molecule has 0 heterocycles. The number of benzene rings is 3. The molecule has 10 heteroatoms. The van der Waals surface area contributed by atoms with Crippen molar-refractivity contribution in [1.29, 1.82) is 0 Å². The summed E-state index contributed by atoms with van der Waals surface area (Å²) in [5.74, 6) is -0.214. The molecule has 0 aliphatic carbocycles. The Morgan fingerprint density at radius 2 is 1.70 bits per heavy atom. The van der Waals surface area contributed by atoms with Gasteiger partial charge >= 0.3 is 0 Å². The summed E-state index contributed by atoms with van der Waals surface area (Å²) in [5, 5.41) is 3.25. The number of nitrogens with zero attached hydrogens (tertiary/aromatic N) is 2. The minimum absolute atomic E-state index is 0.0363. The third kappa shape index (κ3) is 7.34. The van der Waals surface area contributed by atoms with Crippen LogP contribution in [0.4, 0.5) is 5.69 Å². The molecule has 214 valence electrons. The molecular formula is C30H36ClN3O5S. The fraction of sp³-hybridized carbons (Fsp3) is 0.333. The number of hydrogen-bond acceptors (Lipinski definition) is 5. The molecule has 3 aromatic carbocycles. The average molecular weight is 586 g/mol. The zero-order valence-corrected chi connectivity index (χ0v) is 24.8. The molecule has 40 heavy (non-hydrogen) atoms. The van der Waals surface area contributed by atoms with E-state index in [0.29, 0.717) is 29.3 Å². The van der Waals surface area contributed by atoms with Crippen molar-refractivity contribution >= 4 is 39.1 Å². The van der Waals surface area contributed by atoms with E-state index in [9.17, 15) is 18.0 Å². The second-order valence-electron chi connectivity index (χ2n) is 9.30. The lowest BCUT2D eigenvalue weighted by atomic mass is 10.1. The zero-order valence-electron chi connectivity index (χ0n) is 23.3. The van der Waals surface area contributed by atoms with Gasteiger partial charge in [-0.2, -0.15) is 0 Å². The monoisotopic (exact) mass is 585 g/mol. The Morgan fingerprint density at radius 1 is 1.00 bits per heavy atom. The Morgan fingerprint density at radius 3 is 2.35 bits per heavy atom. The molecule has 1 N–H and O–H groups in total. The van der Waals surface area contributed by atoms with E-state index < -0.39 is 28.5 Å². The molecule has 2 amide bonds. The lowest BCUT2D eigenvalue weighted by Gasteiger charge is -2.33. The summed E-state index contributed by atoms with van der Waals surface area (Å²) in [6.45, 7) is 5.49. The summed E-state index contributed by atoms with van der Waals surface area (Å²) in [5.41, 5.74) is 1.55. The number of amides is 2. The topological polar surface area (TPSA) is 96.0 Å². The standard InChI is InChI=1S/C30H36ClN3O5S/c1-5-18-32-30(36)27(6-2)33(20-23-12-10-13-24(19-23)39-4)29(35)21-34(28-17-11-16-26(31)22(28)3)40(37,38)25-14-8-7-9-15-25/h7-17,19,27H,5-6,18,20-21H2,1-4H3,(H,32,36)/t27-/m1/s1. The van der Waals surface area contributed by atoms with Crippen LogP contribution in [-0.2, 0) is 26.2 Å². The Labute approximate surface area is 241 Å². The van der Waals surface area contributed by atoms with Crippen LogP contribution in [-0.4, -0.2) is 51.4 Å². The molecule has 1 atom stereocenters. The first kappa shape index (κ1) is 31.0. The van der Waals surface area contributed by atoms with Crippen molar-refractivity contribution < 1.29 is 22.7 Å². The van der Waals surface area contributed by atoms with Crippen LogP contribution in [0.2, 0.25) is 5.02 Å². The number of methoxy groups -OCH3 is 1.